The molecule has 0 aliphatic rings. The van der Waals surface area contributed by atoms with Gasteiger partial charge in [-0.05, 0) is 6.42 Å². The second-order valence-electron chi connectivity index (χ2n) is 2.02. The Bertz CT molecular complexity index is 214. The summed E-state index contributed by atoms with van der Waals surface area (Å²) in [6.45, 7) is 2.03. The molecule has 1 rings (SSSR count). The SMILES string of the molecule is CCC(N)c1ncc(Cl)s1.Cl. The molecule has 1 aromatic heterocycles. The molecule has 0 saturated carbocycles. The third-order valence-electron chi connectivity index (χ3n) is 1.25. The van der Waals surface area contributed by atoms with E-state index in [0.717, 1.165) is 11.4 Å². The fraction of sp³-hybridized carbons (Fsp3) is 0.500. The van der Waals surface area contributed by atoms with Crippen LogP contribution in [0.4, 0.5) is 0 Å². The number of nitrogens with zero attached hydrogens (tertiary/aromatic N) is 1. The molecule has 0 amide bonds. The van der Waals surface area contributed by atoms with Gasteiger partial charge in [-0.2, -0.15) is 0 Å². The summed E-state index contributed by atoms with van der Waals surface area (Å²) in [4.78, 5) is 4.05. The summed E-state index contributed by atoms with van der Waals surface area (Å²) in [5.41, 5.74) is 5.70. The van der Waals surface area contributed by atoms with Gasteiger partial charge in [0.25, 0.3) is 0 Å². The first-order valence-electron chi connectivity index (χ1n) is 3.11. The van der Waals surface area contributed by atoms with E-state index in [4.69, 9.17) is 17.3 Å². The molecule has 0 spiro atoms. The van der Waals surface area contributed by atoms with Crippen LogP contribution in [-0.2, 0) is 0 Å². The van der Waals surface area contributed by atoms with Gasteiger partial charge in [-0.15, -0.1) is 23.7 Å². The highest BCUT2D eigenvalue weighted by Gasteiger charge is 2.06. The summed E-state index contributed by atoms with van der Waals surface area (Å²) in [6.07, 6.45) is 2.54. The van der Waals surface area contributed by atoms with Crippen molar-refractivity contribution in [2.45, 2.75) is 19.4 Å². The first-order valence-corrected chi connectivity index (χ1v) is 4.30. The van der Waals surface area contributed by atoms with E-state index >= 15 is 0 Å². The van der Waals surface area contributed by atoms with Crippen LogP contribution in [0.5, 0.6) is 0 Å². The number of rotatable bonds is 2. The molecule has 1 unspecified atom stereocenters. The van der Waals surface area contributed by atoms with Crippen LogP contribution in [-0.4, -0.2) is 4.98 Å². The highest BCUT2D eigenvalue weighted by atomic mass is 35.5. The standard InChI is InChI=1S/C6H9ClN2S.ClH/c1-2-4(8)6-9-3-5(7)10-6;/h3-4H,2,8H2,1H3;1H. The molecule has 1 aromatic rings. The lowest BCUT2D eigenvalue weighted by Gasteiger charge is -2.01. The van der Waals surface area contributed by atoms with Crippen molar-refractivity contribution in [3.63, 3.8) is 0 Å². The van der Waals surface area contributed by atoms with Crippen LogP contribution in [0.3, 0.4) is 0 Å². The number of hydrogen-bond donors (Lipinski definition) is 1. The minimum absolute atomic E-state index is 0. The lowest BCUT2D eigenvalue weighted by Crippen LogP contribution is -2.07. The van der Waals surface area contributed by atoms with E-state index in [-0.39, 0.29) is 18.4 Å². The Kier molecular flexibility index (Phi) is 5.01. The molecule has 0 radical (unpaired) electrons. The molecule has 64 valence electrons. The molecule has 1 atom stereocenters. The van der Waals surface area contributed by atoms with Crippen molar-refractivity contribution in [1.82, 2.24) is 4.98 Å². The molecule has 2 N–H and O–H groups in total. The molecular formula is C6H10Cl2N2S. The predicted molar refractivity (Wildman–Crippen MR) is 51.6 cm³/mol. The van der Waals surface area contributed by atoms with Crippen molar-refractivity contribution < 1.29 is 0 Å². The van der Waals surface area contributed by atoms with Gasteiger partial charge in [0, 0.05) is 0 Å². The fourth-order valence-electron chi connectivity index (χ4n) is 0.613. The van der Waals surface area contributed by atoms with Gasteiger partial charge in [-0.25, -0.2) is 4.98 Å². The van der Waals surface area contributed by atoms with E-state index in [1.807, 2.05) is 6.92 Å². The molecule has 0 aliphatic heterocycles. The van der Waals surface area contributed by atoms with Crippen LogP contribution in [0, 0.1) is 0 Å². The first-order chi connectivity index (χ1) is 4.74. The van der Waals surface area contributed by atoms with Crippen molar-refractivity contribution >= 4 is 35.3 Å². The molecule has 0 fully saturated rings. The van der Waals surface area contributed by atoms with Gasteiger partial charge >= 0.3 is 0 Å². The molecule has 5 heteroatoms. The van der Waals surface area contributed by atoms with E-state index < -0.39 is 0 Å². The maximum Gasteiger partial charge on any atom is 0.113 e. The zero-order chi connectivity index (χ0) is 7.56. The highest BCUT2D eigenvalue weighted by molar-refractivity contribution is 7.15. The monoisotopic (exact) mass is 212 g/mol. The van der Waals surface area contributed by atoms with Gasteiger partial charge in [0.15, 0.2) is 0 Å². The van der Waals surface area contributed by atoms with Crippen LogP contribution in [0.1, 0.15) is 24.4 Å². The lowest BCUT2D eigenvalue weighted by molar-refractivity contribution is 0.693. The van der Waals surface area contributed by atoms with Crippen molar-refractivity contribution in [3.8, 4) is 0 Å². The molecule has 0 bridgehead atoms. The van der Waals surface area contributed by atoms with Crippen molar-refractivity contribution in [2.24, 2.45) is 5.73 Å². The van der Waals surface area contributed by atoms with Crippen LogP contribution < -0.4 is 5.73 Å². The minimum atomic E-state index is 0. The van der Waals surface area contributed by atoms with Crippen molar-refractivity contribution in [2.75, 3.05) is 0 Å². The predicted octanol–water partition coefficient (Wildman–Crippen LogP) is 2.63. The maximum absolute atomic E-state index is 5.70. The van der Waals surface area contributed by atoms with Crippen LogP contribution >= 0.6 is 35.3 Å². The lowest BCUT2D eigenvalue weighted by atomic mass is 10.3. The third kappa shape index (κ3) is 2.95. The summed E-state index contributed by atoms with van der Waals surface area (Å²) < 4.78 is 0.707. The smallest absolute Gasteiger partial charge is 0.113 e. The molecule has 2 nitrogen and oxygen atoms in total. The van der Waals surface area contributed by atoms with Gasteiger partial charge in [-0.3, -0.25) is 0 Å². The van der Waals surface area contributed by atoms with Crippen LogP contribution in [0.2, 0.25) is 4.34 Å². The van der Waals surface area contributed by atoms with Gasteiger partial charge < -0.3 is 5.73 Å². The van der Waals surface area contributed by atoms with Gasteiger partial charge in [0.1, 0.15) is 9.34 Å². The zero-order valence-electron chi connectivity index (χ0n) is 6.08. The third-order valence-corrected chi connectivity index (χ3v) is 2.50. The van der Waals surface area contributed by atoms with E-state index in [0.29, 0.717) is 4.34 Å². The molecule has 0 aliphatic carbocycles. The molecule has 11 heavy (non-hydrogen) atoms. The Morgan fingerprint density at radius 3 is 2.82 bits per heavy atom. The van der Waals surface area contributed by atoms with E-state index in [1.54, 1.807) is 6.20 Å². The molecule has 0 saturated heterocycles. The normalized spacial score (nSPS) is 12.3. The largest absolute Gasteiger partial charge is 0.322 e. The minimum Gasteiger partial charge on any atom is -0.322 e. The maximum atomic E-state index is 5.70. The second-order valence-corrected chi connectivity index (χ2v) is 3.71. The topological polar surface area (TPSA) is 38.9 Å². The molecule has 1 heterocycles. The number of nitrogens with two attached hydrogens (primary N) is 1. The van der Waals surface area contributed by atoms with Gasteiger partial charge in [-0.1, -0.05) is 18.5 Å². The van der Waals surface area contributed by atoms with Crippen molar-refractivity contribution in [1.29, 1.82) is 0 Å². The molecular weight excluding hydrogens is 203 g/mol. The first kappa shape index (κ1) is 11.2. The Morgan fingerprint density at radius 2 is 2.45 bits per heavy atom. The Balaban J connectivity index is 0.000001000. The van der Waals surface area contributed by atoms with Crippen molar-refractivity contribution in [3.05, 3.63) is 15.5 Å². The Morgan fingerprint density at radius 1 is 1.82 bits per heavy atom. The quantitative estimate of drug-likeness (QED) is 0.820. The Hall–Kier alpha value is 0.170. The number of thiazole rings is 1. The van der Waals surface area contributed by atoms with Crippen LogP contribution in [0.25, 0.3) is 0 Å². The highest BCUT2D eigenvalue weighted by Crippen LogP contribution is 2.23. The summed E-state index contributed by atoms with van der Waals surface area (Å²) in [6, 6.07) is 0.0532. The average Bonchev–Trinajstić information content (AvgIpc) is 2.34. The van der Waals surface area contributed by atoms with Crippen LogP contribution in [0.15, 0.2) is 6.20 Å². The van der Waals surface area contributed by atoms with E-state index in [2.05, 4.69) is 4.98 Å². The van der Waals surface area contributed by atoms with Gasteiger partial charge in [0.2, 0.25) is 0 Å². The van der Waals surface area contributed by atoms with Gasteiger partial charge in [0.05, 0.1) is 12.2 Å². The number of hydrogen-bond acceptors (Lipinski definition) is 3. The summed E-state index contributed by atoms with van der Waals surface area (Å²) in [7, 11) is 0. The summed E-state index contributed by atoms with van der Waals surface area (Å²) in [5.74, 6) is 0. The van der Waals surface area contributed by atoms with E-state index in [9.17, 15) is 0 Å². The van der Waals surface area contributed by atoms with E-state index in [1.165, 1.54) is 11.3 Å². The second kappa shape index (κ2) is 4.93. The summed E-state index contributed by atoms with van der Waals surface area (Å²) in [5, 5.41) is 0.924. The summed E-state index contributed by atoms with van der Waals surface area (Å²) >= 11 is 7.11. The average molecular weight is 213 g/mol. The Labute approximate surface area is 81.2 Å². The fourth-order valence-corrected chi connectivity index (χ4v) is 1.63. The number of aromatic nitrogens is 1. The molecule has 0 aromatic carbocycles. The number of halogens is 2. The zero-order valence-corrected chi connectivity index (χ0v) is 8.47.